The third-order valence-corrected chi connectivity index (χ3v) is 9.44. The molecule has 0 radical (unpaired) electrons. The SMILES string of the molecule is CC[C@H]1OC(=O)[C@H](C)[C@@H](O[C@H]2C[C@@](C)(OC)C[C@H](C)O2)[C@H](O)C[C@@](O)(I)C[C@@H](C)CN(C)[C@H](C)[C@@H](O)[C@]1(C)O. The Balaban J connectivity index is 2.45. The topological polar surface area (TPSA) is 138 Å². The van der Waals surface area contributed by atoms with Gasteiger partial charge in [0.25, 0.3) is 0 Å². The number of nitrogens with zero attached hydrogens (tertiary/aromatic N) is 1. The summed E-state index contributed by atoms with van der Waals surface area (Å²) in [5.41, 5.74) is -2.23. The molecular formula is C28H52INO9. The van der Waals surface area contributed by atoms with Crippen molar-refractivity contribution in [2.75, 3.05) is 20.7 Å². The monoisotopic (exact) mass is 673 g/mol. The van der Waals surface area contributed by atoms with Crippen molar-refractivity contribution in [2.24, 2.45) is 11.8 Å². The lowest BCUT2D eigenvalue weighted by atomic mass is 9.86. The highest BCUT2D eigenvalue weighted by Crippen LogP contribution is 2.37. The van der Waals surface area contributed by atoms with Gasteiger partial charge in [0.1, 0.15) is 21.4 Å². The Morgan fingerprint density at radius 1 is 1.08 bits per heavy atom. The zero-order chi connectivity index (χ0) is 29.9. The largest absolute Gasteiger partial charge is 0.459 e. The van der Waals surface area contributed by atoms with Crippen LogP contribution in [0.3, 0.4) is 0 Å². The number of carbonyl (C=O) groups is 1. The quantitative estimate of drug-likeness (QED) is 0.200. The van der Waals surface area contributed by atoms with Crippen LogP contribution in [0.25, 0.3) is 0 Å². The minimum absolute atomic E-state index is 0.00425. The van der Waals surface area contributed by atoms with Crippen molar-refractivity contribution in [3.63, 3.8) is 0 Å². The zero-order valence-electron chi connectivity index (χ0n) is 25.1. The molecule has 230 valence electrons. The number of alkyl halides is 1. The smallest absolute Gasteiger partial charge is 0.311 e. The number of aliphatic hydroxyl groups is 4. The highest BCUT2D eigenvalue weighted by Gasteiger charge is 2.47. The van der Waals surface area contributed by atoms with E-state index in [2.05, 4.69) is 0 Å². The van der Waals surface area contributed by atoms with Crippen molar-refractivity contribution in [3.05, 3.63) is 0 Å². The number of carbonyl (C=O) groups excluding carboxylic acids is 1. The number of cyclic esters (lactones) is 1. The number of hydrogen-bond acceptors (Lipinski definition) is 10. The molecule has 2 aliphatic heterocycles. The van der Waals surface area contributed by atoms with E-state index in [0.29, 0.717) is 25.8 Å². The fraction of sp³-hybridized carbons (Fsp3) is 0.964. The van der Waals surface area contributed by atoms with E-state index in [0.717, 1.165) is 0 Å². The lowest BCUT2D eigenvalue weighted by Gasteiger charge is -2.43. The average molecular weight is 674 g/mol. The van der Waals surface area contributed by atoms with Gasteiger partial charge < -0.3 is 44.3 Å². The van der Waals surface area contributed by atoms with Crippen LogP contribution < -0.4 is 0 Å². The first kappa shape index (κ1) is 35.1. The summed E-state index contributed by atoms with van der Waals surface area (Å²) in [4.78, 5) is 15.4. The normalized spacial score (nSPS) is 48.2. The Kier molecular flexibility index (Phi) is 12.5. The second-order valence-corrected chi connectivity index (χ2v) is 14.5. The zero-order valence-corrected chi connectivity index (χ0v) is 27.3. The Labute approximate surface area is 247 Å². The highest BCUT2D eigenvalue weighted by molar-refractivity contribution is 14.1. The molecule has 0 aliphatic carbocycles. The summed E-state index contributed by atoms with van der Waals surface area (Å²) < 4.78 is 22.5. The number of likely N-dealkylation sites (N-methyl/N-ethyl adjacent to an activating group) is 1. The van der Waals surface area contributed by atoms with E-state index in [1.165, 1.54) is 6.92 Å². The average Bonchev–Trinajstić information content (AvgIpc) is 2.82. The van der Waals surface area contributed by atoms with Crippen molar-refractivity contribution in [2.45, 2.75) is 138 Å². The number of halogens is 1. The maximum Gasteiger partial charge on any atom is 0.311 e. The maximum absolute atomic E-state index is 13.5. The molecule has 0 aromatic rings. The summed E-state index contributed by atoms with van der Waals surface area (Å²) in [6.07, 6.45) is -3.76. The fourth-order valence-electron chi connectivity index (χ4n) is 6.06. The van der Waals surface area contributed by atoms with Gasteiger partial charge in [0.15, 0.2) is 6.29 Å². The van der Waals surface area contributed by atoms with E-state index >= 15 is 0 Å². The summed E-state index contributed by atoms with van der Waals surface area (Å²) in [6.45, 7) is 13.1. The molecule has 2 saturated heterocycles. The molecule has 4 N–H and O–H groups in total. The summed E-state index contributed by atoms with van der Waals surface area (Å²) >= 11 is 1.94. The van der Waals surface area contributed by atoms with E-state index in [1.54, 1.807) is 21.0 Å². The van der Waals surface area contributed by atoms with Gasteiger partial charge in [-0.1, -0.05) is 13.8 Å². The van der Waals surface area contributed by atoms with E-state index in [4.69, 9.17) is 18.9 Å². The Hall–Kier alpha value is -0.120. The van der Waals surface area contributed by atoms with Crippen LogP contribution in [0.15, 0.2) is 0 Å². The molecular weight excluding hydrogens is 621 g/mol. The predicted molar refractivity (Wildman–Crippen MR) is 155 cm³/mol. The first-order valence-corrected chi connectivity index (χ1v) is 15.2. The standard InChI is InChI=1S/C28H52INO9/c1-10-21-27(7,34)24(32)19(5)30(8)15-16(2)11-28(29,35)13-20(31)23(18(4)25(33)38-21)39-22-14-26(6,36-9)12-17(3)37-22/h16-24,31-32,34-35H,10-15H2,1-9H3/t16-,17+,18-,19-,20-,21-,22+,23-,24-,26+,27-,28-/m1/s1. The number of ether oxygens (including phenoxy) is 4. The van der Waals surface area contributed by atoms with Crippen molar-refractivity contribution < 1.29 is 44.2 Å². The lowest BCUT2D eigenvalue weighted by molar-refractivity contribution is -0.270. The number of esters is 1. The molecule has 0 spiro atoms. The van der Waals surface area contributed by atoms with Gasteiger partial charge in [-0.2, -0.15) is 0 Å². The molecule has 0 aromatic carbocycles. The van der Waals surface area contributed by atoms with Gasteiger partial charge in [-0.3, -0.25) is 4.79 Å². The van der Waals surface area contributed by atoms with Crippen LogP contribution in [0.5, 0.6) is 0 Å². The molecule has 2 fully saturated rings. The van der Waals surface area contributed by atoms with E-state index in [-0.39, 0.29) is 24.9 Å². The third-order valence-electron chi connectivity index (χ3n) is 8.56. The highest BCUT2D eigenvalue weighted by atomic mass is 127. The van der Waals surface area contributed by atoms with Crippen molar-refractivity contribution >= 4 is 28.6 Å². The Bertz CT molecular complexity index is 799. The molecule has 0 saturated carbocycles. The van der Waals surface area contributed by atoms with Crippen LogP contribution in [-0.2, 0) is 23.7 Å². The lowest BCUT2D eigenvalue weighted by Crippen LogP contribution is -2.59. The minimum atomic E-state index is -1.73. The van der Waals surface area contributed by atoms with Crippen molar-refractivity contribution in [1.29, 1.82) is 0 Å². The molecule has 10 nitrogen and oxygen atoms in total. The van der Waals surface area contributed by atoms with Gasteiger partial charge in [-0.05, 0) is 83.0 Å². The van der Waals surface area contributed by atoms with E-state index < -0.39 is 63.4 Å². The Morgan fingerprint density at radius 3 is 2.26 bits per heavy atom. The second-order valence-electron chi connectivity index (χ2n) is 12.5. The molecule has 11 heteroatoms. The molecule has 12 atom stereocenters. The molecule has 0 amide bonds. The molecule has 2 heterocycles. The molecule has 39 heavy (non-hydrogen) atoms. The predicted octanol–water partition coefficient (Wildman–Crippen LogP) is 2.61. The molecule has 0 bridgehead atoms. The van der Waals surface area contributed by atoms with Gasteiger partial charge >= 0.3 is 5.97 Å². The van der Waals surface area contributed by atoms with E-state index in [9.17, 15) is 25.2 Å². The van der Waals surface area contributed by atoms with Crippen molar-refractivity contribution in [1.82, 2.24) is 4.90 Å². The van der Waals surface area contributed by atoms with Crippen LogP contribution in [0, 0.1) is 11.8 Å². The first-order chi connectivity index (χ1) is 17.9. The maximum atomic E-state index is 13.5. The number of hydrogen-bond donors (Lipinski definition) is 4. The first-order valence-electron chi connectivity index (χ1n) is 14.1. The molecule has 2 aliphatic rings. The van der Waals surface area contributed by atoms with Crippen LogP contribution in [0.2, 0.25) is 0 Å². The van der Waals surface area contributed by atoms with Gasteiger partial charge in [-0.25, -0.2) is 0 Å². The Morgan fingerprint density at radius 2 is 1.69 bits per heavy atom. The van der Waals surface area contributed by atoms with Gasteiger partial charge in [0.05, 0.1) is 29.8 Å². The van der Waals surface area contributed by atoms with E-state index in [1.807, 2.05) is 62.2 Å². The molecule has 2 rings (SSSR count). The van der Waals surface area contributed by atoms with Crippen LogP contribution in [0.1, 0.15) is 80.6 Å². The summed E-state index contributed by atoms with van der Waals surface area (Å²) in [7, 11) is 3.48. The molecule has 0 aromatic heterocycles. The molecule has 0 unspecified atom stereocenters. The van der Waals surface area contributed by atoms with Gasteiger partial charge in [0, 0.05) is 39.0 Å². The second kappa shape index (κ2) is 13.9. The van der Waals surface area contributed by atoms with Gasteiger partial charge in [-0.15, -0.1) is 0 Å². The van der Waals surface area contributed by atoms with Crippen LogP contribution in [0.4, 0.5) is 0 Å². The summed E-state index contributed by atoms with van der Waals surface area (Å²) in [6, 6.07) is -0.456. The number of aliphatic hydroxyl groups excluding tert-OH is 2. The number of rotatable bonds is 4. The van der Waals surface area contributed by atoms with Crippen LogP contribution >= 0.6 is 22.6 Å². The van der Waals surface area contributed by atoms with Gasteiger partial charge in [0.2, 0.25) is 0 Å². The van der Waals surface area contributed by atoms with Crippen LogP contribution in [-0.4, -0.2) is 110 Å². The minimum Gasteiger partial charge on any atom is -0.459 e. The number of methoxy groups -OCH3 is 1. The fourth-order valence-corrected chi connectivity index (χ4v) is 7.26. The summed E-state index contributed by atoms with van der Waals surface area (Å²) in [5.74, 6) is -1.65. The summed E-state index contributed by atoms with van der Waals surface area (Å²) in [5, 5.41) is 45.2. The third kappa shape index (κ3) is 9.18. The van der Waals surface area contributed by atoms with Crippen molar-refractivity contribution in [3.8, 4) is 0 Å².